The molecule has 1 atom stereocenters. The van der Waals surface area contributed by atoms with Crippen LogP contribution in [-0.4, -0.2) is 33.1 Å². The molecule has 0 aliphatic carbocycles. The Hall–Kier alpha value is -1.12. The van der Waals surface area contributed by atoms with Gasteiger partial charge in [-0.05, 0) is 40.5 Å². The zero-order valence-electron chi connectivity index (χ0n) is 11.1. The minimum atomic E-state index is -3.75. The maximum Gasteiger partial charge on any atom is 0.307 e. The highest BCUT2D eigenvalue weighted by atomic mass is 79.9. The summed E-state index contributed by atoms with van der Waals surface area (Å²) < 4.78 is 32.0. The van der Waals surface area contributed by atoms with E-state index in [0.29, 0.717) is 16.6 Å². The zero-order valence-corrected chi connectivity index (χ0v) is 13.5. The molecule has 1 unspecified atom stereocenters. The lowest BCUT2D eigenvalue weighted by atomic mass is 10.1. The number of rotatable bonds is 7. The van der Waals surface area contributed by atoms with E-state index in [9.17, 15) is 13.2 Å². The first-order valence-corrected chi connectivity index (χ1v) is 8.15. The summed E-state index contributed by atoms with van der Waals surface area (Å²) in [5, 5.41) is 8.89. The summed E-state index contributed by atoms with van der Waals surface area (Å²) in [5.41, 5.74) is 0. The number of carbonyl (C=O) groups is 1. The number of benzene rings is 1. The molecule has 20 heavy (non-hydrogen) atoms. The van der Waals surface area contributed by atoms with Gasteiger partial charge in [0.2, 0.25) is 10.0 Å². The van der Waals surface area contributed by atoms with Crippen molar-refractivity contribution in [2.24, 2.45) is 5.92 Å². The van der Waals surface area contributed by atoms with Crippen LogP contribution in [0.1, 0.15) is 13.3 Å². The lowest BCUT2D eigenvalue weighted by Gasteiger charge is -2.12. The van der Waals surface area contributed by atoms with Gasteiger partial charge in [-0.1, -0.05) is 6.92 Å². The molecule has 112 valence electrons. The Labute approximate surface area is 126 Å². The van der Waals surface area contributed by atoms with E-state index in [2.05, 4.69) is 20.7 Å². The SMILES string of the molecule is CCC(CNS(=O)(=O)c1ccc(OC)c(Br)c1)C(=O)O. The fraction of sp³-hybridized carbons (Fsp3) is 0.417. The Morgan fingerprint density at radius 3 is 2.60 bits per heavy atom. The lowest BCUT2D eigenvalue weighted by Crippen LogP contribution is -2.32. The van der Waals surface area contributed by atoms with E-state index < -0.39 is 21.9 Å². The van der Waals surface area contributed by atoms with E-state index in [1.807, 2.05) is 0 Å². The van der Waals surface area contributed by atoms with Crippen molar-refractivity contribution in [2.45, 2.75) is 18.2 Å². The van der Waals surface area contributed by atoms with Crippen molar-refractivity contribution in [1.82, 2.24) is 4.72 Å². The molecule has 0 fully saturated rings. The highest BCUT2D eigenvalue weighted by molar-refractivity contribution is 9.10. The predicted molar refractivity (Wildman–Crippen MR) is 77.3 cm³/mol. The van der Waals surface area contributed by atoms with Crippen LogP contribution in [0.25, 0.3) is 0 Å². The van der Waals surface area contributed by atoms with Crippen LogP contribution >= 0.6 is 15.9 Å². The number of hydrogen-bond donors (Lipinski definition) is 2. The third kappa shape index (κ3) is 4.19. The molecule has 0 aliphatic rings. The maximum absolute atomic E-state index is 12.1. The van der Waals surface area contributed by atoms with Gasteiger partial charge in [0.25, 0.3) is 0 Å². The molecule has 0 aromatic heterocycles. The molecule has 0 saturated heterocycles. The standard InChI is InChI=1S/C12H16BrNO5S/c1-3-8(12(15)16)7-14-20(17,18)9-4-5-11(19-2)10(13)6-9/h4-6,8,14H,3,7H2,1-2H3,(H,15,16). The molecule has 0 heterocycles. The molecular formula is C12H16BrNO5S. The monoisotopic (exact) mass is 365 g/mol. The predicted octanol–water partition coefficient (Wildman–Crippen LogP) is 1.85. The van der Waals surface area contributed by atoms with Crippen LogP contribution in [0.2, 0.25) is 0 Å². The summed E-state index contributed by atoms with van der Waals surface area (Å²) in [6.45, 7) is 1.55. The van der Waals surface area contributed by atoms with E-state index in [0.717, 1.165) is 0 Å². The molecule has 0 bridgehead atoms. The molecule has 0 saturated carbocycles. The summed E-state index contributed by atoms with van der Waals surface area (Å²) in [5.74, 6) is -1.25. The zero-order chi connectivity index (χ0) is 15.3. The number of ether oxygens (including phenoxy) is 1. The number of carboxylic acid groups (broad SMARTS) is 1. The van der Waals surface area contributed by atoms with Crippen LogP contribution in [0, 0.1) is 5.92 Å². The van der Waals surface area contributed by atoms with Gasteiger partial charge < -0.3 is 9.84 Å². The van der Waals surface area contributed by atoms with Crippen molar-refractivity contribution >= 4 is 31.9 Å². The average Bonchev–Trinajstić information content (AvgIpc) is 2.38. The van der Waals surface area contributed by atoms with Crippen LogP contribution in [0.5, 0.6) is 5.75 Å². The fourth-order valence-corrected chi connectivity index (χ4v) is 3.31. The summed E-state index contributed by atoms with van der Waals surface area (Å²) >= 11 is 3.21. The van der Waals surface area contributed by atoms with Gasteiger partial charge in [0.05, 0.1) is 22.4 Å². The van der Waals surface area contributed by atoms with Crippen LogP contribution in [0.3, 0.4) is 0 Å². The summed E-state index contributed by atoms with van der Waals surface area (Å²) in [7, 11) is -2.27. The topological polar surface area (TPSA) is 92.7 Å². The summed E-state index contributed by atoms with van der Waals surface area (Å²) in [6.07, 6.45) is 0.351. The van der Waals surface area contributed by atoms with Gasteiger partial charge in [-0.15, -0.1) is 0 Å². The molecule has 0 spiro atoms. The van der Waals surface area contributed by atoms with Crippen molar-refractivity contribution in [2.75, 3.05) is 13.7 Å². The quantitative estimate of drug-likeness (QED) is 0.768. The smallest absolute Gasteiger partial charge is 0.307 e. The van der Waals surface area contributed by atoms with E-state index >= 15 is 0 Å². The fourth-order valence-electron chi connectivity index (χ4n) is 1.51. The normalized spacial score (nSPS) is 12.9. The largest absolute Gasteiger partial charge is 0.496 e. The van der Waals surface area contributed by atoms with Crippen molar-refractivity contribution in [1.29, 1.82) is 0 Å². The summed E-state index contributed by atoms with van der Waals surface area (Å²) in [6, 6.07) is 4.32. The molecule has 0 radical (unpaired) electrons. The lowest BCUT2D eigenvalue weighted by molar-refractivity contribution is -0.141. The minimum Gasteiger partial charge on any atom is -0.496 e. The van der Waals surface area contributed by atoms with Gasteiger partial charge in [-0.3, -0.25) is 4.79 Å². The Balaban J connectivity index is 2.89. The number of halogens is 1. The third-order valence-electron chi connectivity index (χ3n) is 2.80. The van der Waals surface area contributed by atoms with Gasteiger partial charge >= 0.3 is 5.97 Å². The number of methoxy groups -OCH3 is 1. The molecule has 0 aliphatic heterocycles. The van der Waals surface area contributed by atoms with Crippen LogP contribution < -0.4 is 9.46 Å². The molecule has 1 aromatic rings. The first-order valence-electron chi connectivity index (χ1n) is 5.87. The first kappa shape index (κ1) is 16.9. The number of hydrogen-bond acceptors (Lipinski definition) is 4. The van der Waals surface area contributed by atoms with E-state index in [-0.39, 0.29) is 11.4 Å². The number of sulfonamides is 1. The number of carboxylic acids is 1. The second-order valence-corrected chi connectivity index (χ2v) is 6.71. The molecule has 2 N–H and O–H groups in total. The van der Waals surface area contributed by atoms with Crippen LogP contribution in [0.4, 0.5) is 0 Å². The molecule has 1 rings (SSSR count). The van der Waals surface area contributed by atoms with Crippen molar-refractivity contribution < 1.29 is 23.1 Å². The molecule has 1 aromatic carbocycles. The second kappa shape index (κ2) is 7.05. The Morgan fingerprint density at radius 2 is 2.15 bits per heavy atom. The number of nitrogens with one attached hydrogen (secondary N) is 1. The average molecular weight is 366 g/mol. The Kier molecular flexibility index (Phi) is 5.97. The second-order valence-electron chi connectivity index (χ2n) is 4.09. The Morgan fingerprint density at radius 1 is 1.50 bits per heavy atom. The van der Waals surface area contributed by atoms with Gasteiger partial charge in [0.15, 0.2) is 0 Å². The van der Waals surface area contributed by atoms with Gasteiger partial charge in [0.1, 0.15) is 5.75 Å². The summed E-state index contributed by atoms with van der Waals surface area (Å²) in [4.78, 5) is 10.9. The first-order chi connectivity index (χ1) is 9.31. The van der Waals surface area contributed by atoms with Crippen LogP contribution in [0.15, 0.2) is 27.6 Å². The maximum atomic E-state index is 12.1. The molecule has 0 amide bonds. The third-order valence-corrected chi connectivity index (χ3v) is 4.84. The van der Waals surface area contributed by atoms with Gasteiger partial charge in [-0.25, -0.2) is 13.1 Å². The van der Waals surface area contributed by atoms with E-state index in [1.54, 1.807) is 6.92 Å². The molecule has 6 nitrogen and oxygen atoms in total. The molecular weight excluding hydrogens is 350 g/mol. The van der Waals surface area contributed by atoms with Crippen molar-refractivity contribution in [3.8, 4) is 5.75 Å². The highest BCUT2D eigenvalue weighted by Crippen LogP contribution is 2.27. The van der Waals surface area contributed by atoms with Gasteiger partial charge in [0, 0.05) is 6.54 Å². The highest BCUT2D eigenvalue weighted by Gasteiger charge is 2.21. The number of aliphatic carboxylic acids is 1. The van der Waals surface area contributed by atoms with E-state index in [1.165, 1.54) is 25.3 Å². The Bertz CT molecular complexity index is 588. The van der Waals surface area contributed by atoms with Crippen molar-refractivity contribution in [3.63, 3.8) is 0 Å². The van der Waals surface area contributed by atoms with E-state index in [4.69, 9.17) is 9.84 Å². The van der Waals surface area contributed by atoms with Crippen molar-refractivity contribution in [3.05, 3.63) is 22.7 Å². The van der Waals surface area contributed by atoms with Gasteiger partial charge in [-0.2, -0.15) is 0 Å². The van der Waals surface area contributed by atoms with Crippen LogP contribution in [-0.2, 0) is 14.8 Å². The minimum absolute atomic E-state index is 0.0467. The molecule has 8 heteroatoms.